The highest BCUT2D eigenvalue weighted by molar-refractivity contribution is 5.51. The summed E-state index contributed by atoms with van der Waals surface area (Å²) < 4.78 is 13.0. The molecule has 2 aromatic carbocycles. The fraction of sp³-hybridized carbons (Fsp3) is 0.133. The SMILES string of the molecule is Cc1cc(NCc2cccc(F)c2)ccc1C#N. The number of nitrogens with zero attached hydrogens (tertiary/aromatic N) is 1. The van der Waals surface area contributed by atoms with Crippen LogP contribution in [0.15, 0.2) is 42.5 Å². The Morgan fingerprint density at radius 3 is 2.72 bits per heavy atom. The van der Waals surface area contributed by atoms with Gasteiger partial charge in [-0.3, -0.25) is 0 Å². The van der Waals surface area contributed by atoms with Crippen LogP contribution in [0.1, 0.15) is 16.7 Å². The van der Waals surface area contributed by atoms with Gasteiger partial charge in [0.2, 0.25) is 0 Å². The van der Waals surface area contributed by atoms with Crippen LogP contribution < -0.4 is 5.32 Å². The molecule has 2 nitrogen and oxygen atoms in total. The van der Waals surface area contributed by atoms with E-state index in [4.69, 9.17) is 5.26 Å². The summed E-state index contributed by atoms with van der Waals surface area (Å²) >= 11 is 0. The molecule has 0 spiro atoms. The zero-order valence-corrected chi connectivity index (χ0v) is 10.1. The Hall–Kier alpha value is -2.34. The maximum atomic E-state index is 13.0. The highest BCUT2D eigenvalue weighted by atomic mass is 19.1. The molecule has 0 amide bonds. The quantitative estimate of drug-likeness (QED) is 0.889. The Morgan fingerprint density at radius 2 is 2.06 bits per heavy atom. The zero-order valence-electron chi connectivity index (χ0n) is 10.1. The molecule has 90 valence electrons. The summed E-state index contributed by atoms with van der Waals surface area (Å²) in [5.41, 5.74) is 3.42. The lowest BCUT2D eigenvalue weighted by molar-refractivity contribution is 0.626. The molecule has 0 saturated heterocycles. The fourth-order valence-corrected chi connectivity index (χ4v) is 1.75. The first-order valence-corrected chi connectivity index (χ1v) is 5.68. The third kappa shape index (κ3) is 2.86. The van der Waals surface area contributed by atoms with Crippen LogP contribution in [0.4, 0.5) is 10.1 Å². The van der Waals surface area contributed by atoms with Gasteiger partial charge in [0.25, 0.3) is 0 Å². The van der Waals surface area contributed by atoms with Crippen molar-refractivity contribution in [2.45, 2.75) is 13.5 Å². The third-order valence-electron chi connectivity index (χ3n) is 2.73. The lowest BCUT2D eigenvalue weighted by Gasteiger charge is -2.08. The van der Waals surface area contributed by atoms with Crippen molar-refractivity contribution in [3.8, 4) is 6.07 Å². The number of halogens is 1. The smallest absolute Gasteiger partial charge is 0.123 e. The molecule has 0 unspecified atom stereocenters. The molecular formula is C15H13FN2. The number of hydrogen-bond donors (Lipinski definition) is 1. The molecule has 0 aliphatic rings. The molecule has 1 N–H and O–H groups in total. The van der Waals surface area contributed by atoms with Gasteiger partial charge in [-0.05, 0) is 48.4 Å². The van der Waals surface area contributed by atoms with Crippen LogP contribution in [0.2, 0.25) is 0 Å². The van der Waals surface area contributed by atoms with Gasteiger partial charge in [-0.1, -0.05) is 12.1 Å². The maximum Gasteiger partial charge on any atom is 0.123 e. The molecule has 0 aliphatic heterocycles. The van der Waals surface area contributed by atoms with Gasteiger partial charge >= 0.3 is 0 Å². The second-order valence-electron chi connectivity index (χ2n) is 4.12. The van der Waals surface area contributed by atoms with Gasteiger partial charge in [0.1, 0.15) is 5.82 Å². The van der Waals surface area contributed by atoms with E-state index in [9.17, 15) is 4.39 Å². The summed E-state index contributed by atoms with van der Waals surface area (Å²) in [6.07, 6.45) is 0. The lowest BCUT2D eigenvalue weighted by Crippen LogP contribution is -2.00. The van der Waals surface area contributed by atoms with Crippen LogP contribution in [0.25, 0.3) is 0 Å². The van der Waals surface area contributed by atoms with Crippen LogP contribution >= 0.6 is 0 Å². The predicted molar refractivity (Wildman–Crippen MR) is 69.6 cm³/mol. The number of nitrogens with one attached hydrogen (secondary N) is 1. The zero-order chi connectivity index (χ0) is 13.0. The Labute approximate surface area is 106 Å². The summed E-state index contributed by atoms with van der Waals surface area (Å²) in [5.74, 6) is -0.231. The van der Waals surface area contributed by atoms with Gasteiger partial charge in [-0.2, -0.15) is 5.26 Å². The molecule has 0 heterocycles. The fourth-order valence-electron chi connectivity index (χ4n) is 1.75. The molecule has 2 rings (SSSR count). The van der Waals surface area contributed by atoms with E-state index in [1.165, 1.54) is 12.1 Å². The predicted octanol–water partition coefficient (Wildman–Crippen LogP) is 3.62. The van der Waals surface area contributed by atoms with E-state index in [1.807, 2.05) is 25.1 Å². The van der Waals surface area contributed by atoms with E-state index >= 15 is 0 Å². The van der Waals surface area contributed by atoms with Gasteiger partial charge in [0.05, 0.1) is 11.6 Å². The normalized spacial score (nSPS) is 9.83. The van der Waals surface area contributed by atoms with E-state index < -0.39 is 0 Å². The van der Waals surface area contributed by atoms with Crippen molar-refractivity contribution in [1.82, 2.24) is 0 Å². The van der Waals surface area contributed by atoms with Gasteiger partial charge in [-0.25, -0.2) is 4.39 Å². The van der Waals surface area contributed by atoms with Crippen LogP contribution in [0.5, 0.6) is 0 Å². The van der Waals surface area contributed by atoms with Gasteiger partial charge in [0, 0.05) is 12.2 Å². The van der Waals surface area contributed by atoms with Crippen molar-refractivity contribution in [2.24, 2.45) is 0 Å². The molecule has 2 aromatic rings. The van der Waals surface area contributed by atoms with Crippen molar-refractivity contribution in [3.63, 3.8) is 0 Å². The first-order valence-electron chi connectivity index (χ1n) is 5.68. The van der Waals surface area contributed by atoms with E-state index in [0.29, 0.717) is 12.1 Å². The van der Waals surface area contributed by atoms with Gasteiger partial charge < -0.3 is 5.32 Å². The van der Waals surface area contributed by atoms with Gasteiger partial charge in [0.15, 0.2) is 0 Å². The minimum absolute atomic E-state index is 0.231. The molecule has 3 heteroatoms. The number of aryl methyl sites for hydroxylation is 1. The van der Waals surface area contributed by atoms with Crippen LogP contribution in [0.3, 0.4) is 0 Å². The Bertz CT molecular complexity index is 600. The van der Waals surface area contributed by atoms with Crippen LogP contribution in [-0.4, -0.2) is 0 Å². The van der Waals surface area contributed by atoms with E-state index in [2.05, 4.69) is 11.4 Å². The molecule has 0 aromatic heterocycles. The average molecular weight is 240 g/mol. The average Bonchev–Trinajstić information content (AvgIpc) is 2.37. The monoisotopic (exact) mass is 240 g/mol. The van der Waals surface area contributed by atoms with E-state index in [0.717, 1.165) is 16.8 Å². The summed E-state index contributed by atoms with van der Waals surface area (Å²) in [7, 11) is 0. The van der Waals surface area contributed by atoms with Crippen molar-refractivity contribution >= 4 is 5.69 Å². The molecule has 18 heavy (non-hydrogen) atoms. The summed E-state index contributed by atoms with van der Waals surface area (Å²) in [5, 5.41) is 12.0. The highest BCUT2D eigenvalue weighted by Gasteiger charge is 2.00. The summed E-state index contributed by atoms with van der Waals surface area (Å²) in [6.45, 7) is 2.45. The first kappa shape index (κ1) is 12.1. The number of rotatable bonds is 3. The number of nitriles is 1. The Morgan fingerprint density at radius 1 is 1.22 bits per heavy atom. The number of benzene rings is 2. The molecule has 0 atom stereocenters. The van der Waals surface area contributed by atoms with Crippen molar-refractivity contribution < 1.29 is 4.39 Å². The number of hydrogen-bond acceptors (Lipinski definition) is 2. The first-order chi connectivity index (χ1) is 8.69. The molecule has 0 bridgehead atoms. The maximum absolute atomic E-state index is 13.0. The highest BCUT2D eigenvalue weighted by Crippen LogP contribution is 2.15. The molecule has 0 radical (unpaired) electrons. The second-order valence-corrected chi connectivity index (χ2v) is 4.12. The van der Waals surface area contributed by atoms with Crippen LogP contribution in [0, 0.1) is 24.1 Å². The lowest BCUT2D eigenvalue weighted by atomic mass is 10.1. The number of anilines is 1. The molecule has 0 saturated carbocycles. The van der Waals surface area contributed by atoms with E-state index in [1.54, 1.807) is 12.1 Å². The second kappa shape index (κ2) is 5.33. The van der Waals surface area contributed by atoms with Crippen molar-refractivity contribution in [2.75, 3.05) is 5.32 Å². The topological polar surface area (TPSA) is 35.8 Å². The Balaban J connectivity index is 2.07. The summed E-state index contributed by atoms with van der Waals surface area (Å²) in [6, 6.07) is 14.2. The van der Waals surface area contributed by atoms with Crippen LogP contribution in [-0.2, 0) is 6.54 Å². The minimum atomic E-state index is -0.231. The van der Waals surface area contributed by atoms with E-state index in [-0.39, 0.29) is 5.82 Å². The minimum Gasteiger partial charge on any atom is -0.381 e. The molecule has 0 fully saturated rings. The standard InChI is InChI=1S/C15H13FN2/c1-11-7-15(6-5-13(11)9-17)18-10-12-3-2-4-14(16)8-12/h2-8,18H,10H2,1H3. The third-order valence-corrected chi connectivity index (χ3v) is 2.73. The Kier molecular flexibility index (Phi) is 3.59. The largest absolute Gasteiger partial charge is 0.381 e. The van der Waals surface area contributed by atoms with Crippen molar-refractivity contribution in [1.29, 1.82) is 5.26 Å². The van der Waals surface area contributed by atoms with Crippen molar-refractivity contribution in [3.05, 3.63) is 65.0 Å². The molecular weight excluding hydrogens is 227 g/mol. The van der Waals surface area contributed by atoms with Gasteiger partial charge in [-0.15, -0.1) is 0 Å². The summed E-state index contributed by atoms with van der Waals surface area (Å²) in [4.78, 5) is 0. The molecule has 0 aliphatic carbocycles.